The summed E-state index contributed by atoms with van der Waals surface area (Å²) in [5, 5.41) is 27.0. The van der Waals surface area contributed by atoms with Crippen molar-refractivity contribution in [2.24, 2.45) is 0 Å². The van der Waals surface area contributed by atoms with E-state index in [1.54, 1.807) is 0 Å². The molecule has 0 radical (unpaired) electrons. The maximum atomic E-state index is 9.88. The third-order valence-corrected chi connectivity index (χ3v) is 0.852. The first-order valence-corrected chi connectivity index (χ1v) is 2.70. The molecule has 0 aromatic carbocycles. The molecular weight excluding hydrogens is 138 g/mol. The van der Waals surface area contributed by atoms with Gasteiger partial charge in [0.15, 0.2) is 0 Å². The van der Waals surface area contributed by atoms with Crippen molar-refractivity contribution in [3.8, 4) is 0 Å². The first-order chi connectivity index (χ1) is 4.66. The van der Waals surface area contributed by atoms with Crippen LogP contribution in [-0.4, -0.2) is 28.0 Å². The predicted molar refractivity (Wildman–Crippen MR) is 30.4 cm³/mol. The average Bonchev–Trinajstić information content (AvgIpc) is 1.87. The highest BCUT2D eigenvalue weighted by molar-refractivity contribution is 5.66. The Hall–Kier alpha value is -1.35. The molecule has 0 unspecified atom stereocenters. The zero-order valence-electron chi connectivity index (χ0n) is 5.27. The zero-order valence-corrected chi connectivity index (χ0v) is 5.27. The molecular formula is C4H8N3O3+. The van der Waals surface area contributed by atoms with E-state index in [9.17, 15) is 4.79 Å². The Labute approximate surface area is 57.2 Å². The molecule has 6 heteroatoms. The van der Waals surface area contributed by atoms with Crippen LogP contribution >= 0.6 is 0 Å². The summed E-state index contributed by atoms with van der Waals surface area (Å²) in [4.78, 5) is 9.88. The van der Waals surface area contributed by atoms with E-state index in [0.29, 0.717) is 0 Å². The molecule has 0 aliphatic carbocycles. The Morgan fingerprint density at radius 3 is 2.70 bits per heavy atom. The second kappa shape index (κ2) is 4.52. The summed E-state index contributed by atoms with van der Waals surface area (Å²) in [5.41, 5.74) is 0. The molecule has 0 atom stereocenters. The van der Waals surface area contributed by atoms with Crippen molar-refractivity contribution in [1.82, 2.24) is 5.17 Å². The van der Waals surface area contributed by atoms with Crippen LogP contribution in [0.1, 0.15) is 12.8 Å². The van der Waals surface area contributed by atoms with E-state index in [2.05, 4.69) is 5.08 Å². The number of rotatable bonds is 4. The Morgan fingerprint density at radius 2 is 2.30 bits per heavy atom. The summed E-state index contributed by atoms with van der Waals surface area (Å²) in [7, 11) is 0. The minimum atomic E-state index is -0.939. The molecule has 0 bridgehead atoms. The average molecular weight is 146 g/mol. The number of aliphatic carboxylic acids is 1. The van der Waals surface area contributed by atoms with Crippen molar-refractivity contribution >= 4 is 5.97 Å². The van der Waals surface area contributed by atoms with E-state index in [4.69, 9.17) is 15.7 Å². The van der Waals surface area contributed by atoms with Crippen LogP contribution in [0.15, 0.2) is 0 Å². The van der Waals surface area contributed by atoms with Crippen LogP contribution in [0.5, 0.6) is 0 Å². The van der Waals surface area contributed by atoms with Gasteiger partial charge < -0.3 is 5.11 Å². The van der Waals surface area contributed by atoms with Gasteiger partial charge in [-0.05, 0) is 6.42 Å². The van der Waals surface area contributed by atoms with Gasteiger partial charge in [-0.2, -0.15) is 0 Å². The van der Waals surface area contributed by atoms with Gasteiger partial charge in [-0.15, -0.1) is 0 Å². The van der Waals surface area contributed by atoms with E-state index in [1.807, 2.05) is 0 Å². The van der Waals surface area contributed by atoms with Gasteiger partial charge >= 0.3 is 11.1 Å². The normalized spacial score (nSPS) is 8.40. The molecule has 0 spiro atoms. The largest absolute Gasteiger partial charge is 0.481 e. The van der Waals surface area contributed by atoms with Gasteiger partial charge in [0.2, 0.25) is 0 Å². The van der Waals surface area contributed by atoms with E-state index in [0.717, 1.165) is 0 Å². The lowest BCUT2D eigenvalue weighted by Gasteiger charge is -1.91. The second-order valence-electron chi connectivity index (χ2n) is 1.68. The molecule has 0 aliphatic heterocycles. The molecule has 0 heterocycles. The summed E-state index contributed by atoms with van der Waals surface area (Å²) in [6.45, 7) is 0.0167. The smallest absolute Gasteiger partial charge is 0.334 e. The number of carboxylic acid groups (broad SMARTS) is 1. The molecule has 0 fully saturated rings. The quantitative estimate of drug-likeness (QED) is 0.440. The molecule has 0 saturated heterocycles. The fourth-order valence-electron chi connectivity index (χ4n) is 0.416. The standard InChI is InChI=1S/C4H7N3O3/c5-6-7(10)3-1-2-4(8)9/h10H,1-3H2/p+1. The molecule has 2 N–H and O–H groups in total. The fraction of sp³-hybridized carbons (Fsp3) is 0.750. The molecule has 56 valence electrons. The number of hydrogen-bond acceptors (Lipinski definition) is 4. The van der Waals surface area contributed by atoms with E-state index >= 15 is 0 Å². The Balaban J connectivity index is 3.22. The molecule has 0 amide bonds. The Kier molecular flexibility index (Phi) is 3.91. The summed E-state index contributed by atoms with van der Waals surface area (Å²) in [6, 6.07) is 0. The first kappa shape index (κ1) is 8.65. The van der Waals surface area contributed by atoms with Crippen LogP contribution in [0, 0.1) is 5.39 Å². The lowest BCUT2D eigenvalue weighted by molar-refractivity contribution is -0.137. The van der Waals surface area contributed by atoms with Crippen LogP contribution < -0.4 is 0 Å². The topological polar surface area (TPSA) is 88.9 Å². The highest BCUT2D eigenvalue weighted by Crippen LogP contribution is 1.91. The van der Waals surface area contributed by atoms with Crippen molar-refractivity contribution < 1.29 is 15.1 Å². The van der Waals surface area contributed by atoms with Crippen molar-refractivity contribution in [3.63, 3.8) is 0 Å². The van der Waals surface area contributed by atoms with Crippen molar-refractivity contribution in [3.05, 3.63) is 5.08 Å². The molecule has 10 heavy (non-hydrogen) atoms. The van der Waals surface area contributed by atoms with Gasteiger partial charge in [-0.25, -0.2) is 5.21 Å². The summed E-state index contributed by atoms with van der Waals surface area (Å²) in [5.74, 6) is -0.939. The van der Waals surface area contributed by atoms with E-state index in [1.165, 1.54) is 0 Å². The van der Waals surface area contributed by atoms with Crippen LogP contribution in [0.2, 0.25) is 0 Å². The number of carbonyl (C=O) groups is 1. The van der Waals surface area contributed by atoms with Crippen LogP contribution in [-0.2, 0) is 4.79 Å². The van der Waals surface area contributed by atoms with Crippen LogP contribution in [0.25, 0.3) is 5.08 Å². The molecule has 6 nitrogen and oxygen atoms in total. The number of hydrogen-bond donors (Lipinski definition) is 2. The number of carboxylic acids is 1. The minimum absolute atomic E-state index is 0.0167. The monoisotopic (exact) mass is 146 g/mol. The Bertz CT molecular complexity index is 152. The molecule has 0 aromatic heterocycles. The molecule has 0 aromatic rings. The number of diazo groups is 1. The highest BCUT2D eigenvalue weighted by atomic mass is 16.5. The minimum Gasteiger partial charge on any atom is -0.481 e. The SMILES string of the molecule is N#[N+]N(O)CCCC(=O)O. The lowest BCUT2D eigenvalue weighted by Crippen LogP contribution is -2.12. The van der Waals surface area contributed by atoms with Crippen molar-refractivity contribution in [1.29, 1.82) is 5.39 Å². The summed E-state index contributed by atoms with van der Waals surface area (Å²) >= 11 is 0. The summed E-state index contributed by atoms with van der Waals surface area (Å²) < 4.78 is 0. The second-order valence-corrected chi connectivity index (χ2v) is 1.68. The van der Waals surface area contributed by atoms with Gasteiger partial charge in [-0.3, -0.25) is 4.79 Å². The van der Waals surface area contributed by atoms with Crippen molar-refractivity contribution in [2.45, 2.75) is 12.8 Å². The maximum absolute atomic E-state index is 9.88. The van der Waals surface area contributed by atoms with Crippen LogP contribution in [0.3, 0.4) is 0 Å². The number of hydroxylamine groups is 1. The predicted octanol–water partition coefficient (Wildman–Crippen LogP) is 0.310. The highest BCUT2D eigenvalue weighted by Gasteiger charge is 2.08. The Morgan fingerprint density at radius 1 is 1.70 bits per heavy atom. The van der Waals surface area contributed by atoms with Gasteiger partial charge in [0, 0.05) is 6.42 Å². The zero-order chi connectivity index (χ0) is 7.98. The van der Waals surface area contributed by atoms with E-state index < -0.39 is 5.97 Å². The fourth-order valence-corrected chi connectivity index (χ4v) is 0.416. The van der Waals surface area contributed by atoms with Gasteiger partial charge in [0.05, 0.1) is 0 Å². The third kappa shape index (κ3) is 4.80. The van der Waals surface area contributed by atoms with Crippen molar-refractivity contribution in [2.75, 3.05) is 6.54 Å². The maximum Gasteiger partial charge on any atom is 0.334 e. The van der Waals surface area contributed by atoms with Gasteiger partial charge in [-0.1, -0.05) is 0 Å². The van der Waals surface area contributed by atoms with Gasteiger partial charge in [0.1, 0.15) is 11.7 Å². The molecule has 0 saturated carbocycles. The first-order valence-electron chi connectivity index (χ1n) is 2.70. The number of nitrogens with zero attached hydrogens (tertiary/aromatic N) is 3. The molecule has 0 aliphatic rings. The lowest BCUT2D eigenvalue weighted by atomic mass is 10.3. The van der Waals surface area contributed by atoms with Gasteiger partial charge in [0.25, 0.3) is 5.39 Å². The van der Waals surface area contributed by atoms with Crippen LogP contribution in [0.4, 0.5) is 0 Å². The molecule has 0 rings (SSSR count). The summed E-state index contributed by atoms with van der Waals surface area (Å²) in [6.07, 6.45) is 0.197. The van der Waals surface area contributed by atoms with E-state index in [-0.39, 0.29) is 24.6 Å². The third-order valence-electron chi connectivity index (χ3n) is 0.852.